The van der Waals surface area contributed by atoms with E-state index in [1.54, 1.807) is 7.11 Å². The fourth-order valence-electron chi connectivity index (χ4n) is 3.86. The van der Waals surface area contributed by atoms with Crippen molar-refractivity contribution in [2.45, 2.75) is 44.7 Å². The summed E-state index contributed by atoms with van der Waals surface area (Å²) in [5.74, 6) is 1.63. The third-order valence-corrected chi connectivity index (χ3v) is 5.19. The van der Waals surface area contributed by atoms with Gasteiger partial charge in [-0.1, -0.05) is 19.4 Å². The van der Waals surface area contributed by atoms with E-state index >= 15 is 0 Å². The molecule has 1 saturated heterocycles. The highest BCUT2D eigenvalue weighted by Gasteiger charge is 2.33. The molecule has 0 radical (unpaired) electrons. The summed E-state index contributed by atoms with van der Waals surface area (Å²) in [4.78, 5) is 2.66. The van der Waals surface area contributed by atoms with Gasteiger partial charge in [0.2, 0.25) is 0 Å². The number of methoxy groups -OCH3 is 1. The van der Waals surface area contributed by atoms with Crippen molar-refractivity contribution in [3.05, 3.63) is 29.3 Å². The van der Waals surface area contributed by atoms with E-state index in [4.69, 9.17) is 10.5 Å². The standard InChI is InChI=1S/C17H26N2O/c1-3-12-11-19(9-8-16(12)18)17-7-5-13-4-6-14(20-2)10-15(13)17/h4,6,10,12,16-17H,3,5,7-9,11,18H2,1-2H3. The molecule has 0 bridgehead atoms. The molecule has 1 aliphatic carbocycles. The summed E-state index contributed by atoms with van der Waals surface area (Å²) in [6.07, 6.45) is 4.77. The maximum Gasteiger partial charge on any atom is 0.119 e. The van der Waals surface area contributed by atoms with Crippen LogP contribution in [0.15, 0.2) is 18.2 Å². The summed E-state index contributed by atoms with van der Waals surface area (Å²) in [6.45, 7) is 4.55. The molecule has 1 aromatic rings. The molecule has 1 aromatic carbocycles. The van der Waals surface area contributed by atoms with Crippen LogP contribution in [0, 0.1) is 5.92 Å². The summed E-state index contributed by atoms with van der Waals surface area (Å²) in [5, 5.41) is 0. The van der Waals surface area contributed by atoms with Gasteiger partial charge >= 0.3 is 0 Å². The first-order valence-corrected chi connectivity index (χ1v) is 7.89. The first-order chi connectivity index (χ1) is 9.72. The molecule has 1 heterocycles. The Balaban J connectivity index is 1.80. The van der Waals surface area contributed by atoms with Gasteiger partial charge in [0, 0.05) is 25.2 Å². The second-order valence-electron chi connectivity index (χ2n) is 6.24. The Bertz CT molecular complexity index is 474. The smallest absolute Gasteiger partial charge is 0.119 e. The molecule has 2 N–H and O–H groups in total. The fraction of sp³-hybridized carbons (Fsp3) is 0.647. The van der Waals surface area contributed by atoms with Crippen LogP contribution in [0.4, 0.5) is 0 Å². The Morgan fingerprint density at radius 2 is 2.20 bits per heavy atom. The molecule has 1 aliphatic heterocycles. The minimum absolute atomic E-state index is 0.391. The van der Waals surface area contributed by atoms with E-state index in [1.165, 1.54) is 30.4 Å². The number of hydrogen-bond donors (Lipinski definition) is 1. The van der Waals surface area contributed by atoms with Gasteiger partial charge in [-0.25, -0.2) is 0 Å². The van der Waals surface area contributed by atoms with Crippen molar-refractivity contribution in [3.63, 3.8) is 0 Å². The van der Waals surface area contributed by atoms with Crippen LogP contribution in [0.2, 0.25) is 0 Å². The van der Waals surface area contributed by atoms with E-state index < -0.39 is 0 Å². The molecular weight excluding hydrogens is 248 g/mol. The predicted molar refractivity (Wildman–Crippen MR) is 82.0 cm³/mol. The highest BCUT2D eigenvalue weighted by Crippen LogP contribution is 2.39. The van der Waals surface area contributed by atoms with Gasteiger partial charge in [0.15, 0.2) is 0 Å². The van der Waals surface area contributed by atoms with Gasteiger partial charge < -0.3 is 10.5 Å². The molecule has 3 atom stereocenters. The van der Waals surface area contributed by atoms with Crippen molar-refractivity contribution in [1.29, 1.82) is 0 Å². The lowest BCUT2D eigenvalue weighted by atomic mass is 9.89. The number of fused-ring (bicyclic) bond motifs is 1. The minimum Gasteiger partial charge on any atom is -0.497 e. The zero-order valence-corrected chi connectivity index (χ0v) is 12.6. The fourth-order valence-corrected chi connectivity index (χ4v) is 3.86. The van der Waals surface area contributed by atoms with Crippen molar-refractivity contribution in [2.75, 3.05) is 20.2 Å². The van der Waals surface area contributed by atoms with Crippen molar-refractivity contribution in [1.82, 2.24) is 4.90 Å². The van der Waals surface area contributed by atoms with Gasteiger partial charge in [-0.2, -0.15) is 0 Å². The number of nitrogens with two attached hydrogens (primary N) is 1. The Kier molecular flexibility index (Phi) is 3.99. The monoisotopic (exact) mass is 274 g/mol. The molecule has 2 aliphatic rings. The van der Waals surface area contributed by atoms with Crippen LogP contribution >= 0.6 is 0 Å². The first kappa shape index (κ1) is 13.9. The lowest BCUT2D eigenvalue weighted by Crippen LogP contribution is -2.47. The average Bonchev–Trinajstić information content (AvgIpc) is 2.90. The maximum absolute atomic E-state index is 6.24. The molecule has 3 unspecified atom stereocenters. The largest absolute Gasteiger partial charge is 0.497 e. The Hall–Kier alpha value is -1.06. The van der Waals surface area contributed by atoms with Crippen LogP contribution in [0.5, 0.6) is 5.75 Å². The van der Waals surface area contributed by atoms with Gasteiger partial charge in [0.05, 0.1) is 7.11 Å². The quantitative estimate of drug-likeness (QED) is 0.921. The molecule has 0 aromatic heterocycles. The summed E-state index contributed by atoms with van der Waals surface area (Å²) in [6, 6.07) is 7.52. The highest BCUT2D eigenvalue weighted by atomic mass is 16.5. The Morgan fingerprint density at radius 1 is 1.35 bits per heavy atom. The Labute approximate surface area is 122 Å². The molecule has 1 fully saturated rings. The van der Waals surface area contributed by atoms with Gasteiger partial charge in [0.1, 0.15) is 5.75 Å². The third kappa shape index (κ3) is 2.45. The molecule has 0 spiro atoms. The topological polar surface area (TPSA) is 38.5 Å². The van der Waals surface area contributed by atoms with E-state index in [-0.39, 0.29) is 0 Å². The molecule has 3 rings (SSSR count). The number of piperidine rings is 1. The SMILES string of the molecule is CCC1CN(C2CCc3ccc(OC)cc32)CCC1N. The predicted octanol–water partition coefficient (Wildman–Crippen LogP) is 2.74. The third-order valence-electron chi connectivity index (χ3n) is 5.19. The average molecular weight is 274 g/mol. The molecule has 20 heavy (non-hydrogen) atoms. The zero-order valence-electron chi connectivity index (χ0n) is 12.6. The number of aryl methyl sites for hydroxylation is 1. The van der Waals surface area contributed by atoms with Crippen molar-refractivity contribution < 1.29 is 4.74 Å². The Morgan fingerprint density at radius 3 is 2.95 bits per heavy atom. The molecule has 0 amide bonds. The number of rotatable bonds is 3. The second-order valence-corrected chi connectivity index (χ2v) is 6.24. The summed E-state index contributed by atoms with van der Waals surface area (Å²) >= 11 is 0. The zero-order chi connectivity index (χ0) is 14.1. The number of ether oxygens (including phenoxy) is 1. The maximum atomic E-state index is 6.24. The summed E-state index contributed by atoms with van der Waals surface area (Å²) < 4.78 is 5.40. The highest BCUT2D eigenvalue weighted by molar-refractivity contribution is 5.41. The van der Waals surface area contributed by atoms with Gasteiger partial charge in [-0.3, -0.25) is 4.90 Å². The lowest BCUT2D eigenvalue weighted by molar-refractivity contribution is 0.106. The van der Waals surface area contributed by atoms with Crippen molar-refractivity contribution >= 4 is 0 Å². The van der Waals surface area contributed by atoms with Crippen LogP contribution in [0.25, 0.3) is 0 Å². The van der Waals surface area contributed by atoms with E-state index in [0.717, 1.165) is 25.3 Å². The van der Waals surface area contributed by atoms with Crippen LogP contribution in [0.3, 0.4) is 0 Å². The van der Waals surface area contributed by atoms with Crippen LogP contribution in [-0.2, 0) is 6.42 Å². The molecule has 110 valence electrons. The van der Waals surface area contributed by atoms with E-state index in [9.17, 15) is 0 Å². The van der Waals surface area contributed by atoms with Gasteiger partial charge in [-0.05, 0) is 48.4 Å². The van der Waals surface area contributed by atoms with Gasteiger partial charge in [-0.15, -0.1) is 0 Å². The van der Waals surface area contributed by atoms with Crippen molar-refractivity contribution in [3.8, 4) is 5.75 Å². The number of benzene rings is 1. The number of likely N-dealkylation sites (tertiary alicyclic amines) is 1. The molecule has 0 saturated carbocycles. The van der Waals surface area contributed by atoms with Crippen LogP contribution in [0.1, 0.15) is 43.4 Å². The molecular formula is C17H26N2O. The molecule has 3 heteroatoms. The normalized spacial score (nSPS) is 30.2. The van der Waals surface area contributed by atoms with Crippen LogP contribution < -0.4 is 10.5 Å². The van der Waals surface area contributed by atoms with Crippen LogP contribution in [-0.4, -0.2) is 31.1 Å². The molecule has 3 nitrogen and oxygen atoms in total. The lowest BCUT2D eigenvalue weighted by Gasteiger charge is -2.40. The number of nitrogens with zero attached hydrogens (tertiary/aromatic N) is 1. The minimum atomic E-state index is 0.391. The summed E-state index contributed by atoms with van der Waals surface area (Å²) in [5.41, 5.74) is 9.22. The number of hydrogen-bond acceptors (Lipinski definition) is 3. The first-order valence-electron chi connectivity index (χ1n) is 7.89. The second kappa shape index (κ2) is 5.74. The van der Waals surface area contributed by atoms with E-state index in [2.05, 4.69) is 30.0 Å². The van der Waals surface area contributed by atoms with Crippen molar-refractivity contribution in [2.24, 2.45) is 11.7 Å². The van der Waals surface area contributed by atoms with E-state index in [1.807, 2.05) is 0 Å². The van der Waals surface area contributed by atoms with E-state index in [0.29, 0.717) is 18.0 Å². The van der Waals surface area contributed by atoms with Gasteiger partial charge in [0.25, 0.3) is 0 Å². The summed E-state index contributed by atoms with van der Waals surface area (Å²) in [7, 11) is 1.75.